The molecule has 0 spiro atoms. The third-order valence-corrected chi connectivity index (χ3v) is 2.98. The Labute approximate surface area is 114 Å². The van der Waals surface area contributed by atoms with Crippen LogP contribution in [0.3, 0.4) is 0 Å². The molecular formula is C12H12ClN3O3. The number of pyridine rings is 1. The van der Waals surface area contributed by atoms with Gasteiger partial charge < -0.3 is 14.0 Å². The molecular weight excluding hydrogens is 270 g/mol. The predicted molar refractivity (Wildman–Crippen MR) is 65.8 cm³/mol. The van der Waals surface area contributed by atoms with Gasteiger partial charge in [-0.25, -0.2) is 4.98 Å². The highest BCUT2D eigenvalue weighted by Gasteiger charge is 2.23. The van der Waals surface area contributed by atoms with Gasteiger partial charge >= 0.3 is 0 Å². The third-order valence-electron chi connectivity index (χ3n) is 2.76. The number of ether oxygens (including phenoxy) is 2. The molecule has 0 amide bonds. The van der Waals surface area contributed by atoms with Crippen LogP contribution >= 0.6 is 11.6 Å². The lowest BCUT2D eigenvalue weighted by Crippen LogP contribution is -2.00. The molecule has 3 rings (SSSR count). The Balaban J connectivity index is 1.59. The van der Waals surface area contributed by atoms with Gasteiger partial charge in [-0.1, -0.05) is 16.8 Å². The number of hydrogen-bond donors (Lipinski definition) is 0. The van der Waals surface area contributed by atoms with Crippen molar-refractivity contribution >= 4 is 11.6 Å². The van der Waals surface area contributed by atoms with E-state index in [1.54, 1.807) is 18.3 Å². The second-order valence-corrected chi connectivity index (χ2v) is 4.54. The van der Waals surface area contributed by atoms with Gasteiger partial charge in [0.1, 0.15) is 17.0 Å². The van der Waals surface area contributed by atoms with Gasteiger partial charge in [0, 0.05) is 6.61 Å². The van der Waals surface area contributed by atoms with Crippen molar-refractivity contribution < 1.29 is 14.0 Å². The van der Waals surface area contributed by atoms with E-state index < -0.39 is 0 Å². The lowest BCUT2D eigenvalue weighted by atomic mass is 10.2. The van der Waals surface area contributed by atoms with Crippen molar-refractivity contribution in [1.29, 1.82) is 0 Å². The second kappa shape index (κ2) is 5.54. The zero-order chi connectivity index (χ0) is 13.1. The van der Waals surface area contributed by atoms with Crippen molar-refractivity contribution in [2.24, 2.45) is 0 Å². The zero-order valence-corrected chi connectivity index (χ0v) is 10.8. The lowest BCUT2D eigenvalue weighted by Gasteiger charge is -2.02. The van der Waals surface area contributed by atoms with Gasteiger partial charge in [-0.15, -0.1) is 0 Å². The van der Waals surface area contributed by atoms with E-state index in [1.165, 1.54) is 0 Å². The molecule has 2 aromatic heterocycles. The second-order valence-electron chi connectivity index (χ2n) is 4.16. The SMILES string of the molecule is Clc1ccc(OCc2noc([C@@H]3CCCO3)n2)cn1. The molecule has 1 saturated heterocycles. The molecule has 1 aliphatic rings. The fraction of sp³-hybridized carbons (Fsp3) is 0.417. The summed E-state index contributed by atoms with van der Waals surface area (Å²) < 4.78 is 16.1. The topological polar surface area (TPSA) is 70.3 Å². The number of hydrogen-bond acceptors (Lipinski definition) is 6. The van der Waals surface area contributed by atoms with Gasteiger partial charge in [0.25, 0.3) is 5.89 Å². The molecule has 1 fully saturated rings. The average Bonchev–Trinajstić information content (AvgIpc) is 3.09. The van der Waals surface area contributed by atoms with Gasteiger partial charge in [0.2, 0.25) is 5.82 Å². The molecule has 100 valence electrons. The van der Waals surface area contributed by atoms with Crippen LogP contribution in [0.1, 0.15) is 30.7 Å². The van der Waals surface area contributed by atoms with E-state index in [-0.39, 0.29) is 12.7 Å². The summed E-state index contributed by atoms with van der Waals surface area (Å²) in [7, 11) is 0. The number of rotatable bonds is 4. The van der Waals surface area contributed by atoms with E-state index in [0.29, 0.717) is 22.6 Å². The van der Waals surface area contributed by atoms with E-state index in [0.717, 1.165) is 19.4 Å². The van der Waals surface area contributed by atoms with Crippen molar-refractivity contribution in [2.45, 2.75) is 25.6 Å². The lowest BCUT2D eigenvalue weighted by molar-refractivity contribution is 0.0835. The Morgan fingerprint density at radius 1 is 1.42 bits per heavy atom. The maximum absolute atomic E-state index is 5.68. The quantitative estimate of drug-likeness (QED) is 0.802. The standard InChI is InChI=1S/C12H12ClN3O3/c13-10-4-3-8(6-14-10)18-7-11-15-12(19-16-11)9-2-1-5-17-9/h3-4,6,9H,1-2,5,7H2/t9-/m0/s1. The maximum Gasteiger partial charge on any atom is 0.255 e. The first-order valence-corrected chi connectivity index (χ1v) is 6.37. The van der Waals surface area contributed by atoms with Crippen LogP contribution in [0, 0.1) is 0 Å². The van der Waals surface area contributed by atoms with E-state index in [9.17, 15) is 0 Å². The van der Waals surface area contributed by atoms with Gasteiger partial charge in [0.15, 0.2) is 6.61 Å². The summed E-state index contributed by atoms with van der Waals surface area (Å²) >= 11 is 5.68. The molecule has 2 aromatic rings. The molecule has 1 atom stereocenters. The van der Waals surface area contributed by atoms with Crippen molar-refractivity contribution in [3.63, 3.8) is 0 Å². The Kier molecular flexibility index (Phi) is 3.61. The van der Waals surface area contributed by atoms with Gasteiger partial charge in [-0.2, -0.15) is 4.98 Å². The van der Waals surface area contributed by atoms with Crippen LogP contribution in [-0.2, 0) is 11.3 Å². The highest BCUT2D eigenvalue weighted by molar-refractivity contribution is 6.29. The molecule has 0 saturated carbocycles. The van der Waals surface area contributed by atoms with Crippen LogP contribution in [-0.4, -0.2) is 21.7 Å². The van der Waals surface area contributed by atoms with Gasteiger partial charge in [-0.3, -0.25) is 0 Å². The summed E-state index contributed by atoms with van der Waals surface area (Å²) in [5, 5.41) is 4.28. The highest BCUT2D eigenvalue weighted by Crippen LogP contribution is 2.27. The van der Waals surface area contributed by atoms with Crippen molar-refractivity contribution in [3.8, 4) is 5.75 Å². The van der Waals surface area contributed by atoms with Crippen molar-refractivity contribution in [3.05, 3.63) is 35.2 Å². The summed E-state index contributed by atoms with van der Waals surface area (Å²) in [4.78, 5) is 8.17. The van der Waals surface area contributed by atoms with Crippen LogP contribution in [0.2, 0.25) is 5.15 Å². The summed E-state index contributed by atoms with van der Waals surface area (Å²) in [5.74, 6) is 1.61. The van der Waals surface area contributed by atoms with E-state index in [4.69, 9.17) is 25.6 Å². The fourth-order valence-corrected chi connectivity index (χ4v) is 1.94. The summed E-state index contributed by atoms with van der Waals surface area (Å²) in [5.41, 5.74) is 0. The Morgan fingerprint density at radius 3 is 3.11 bits per heavy atom. The molecule has 6 nitrogen and oxygen atoms in total. The molecule has 19 heavy (non-hydrogen) atoms. The zero-order valence-electron chi connectivity index (χ0n) is 10.1. The Bertz CT molecular complexity index is 537. The largest absolute Gasteiger partial charge is 0.484 e. The number of halogens is 1. The minimum absolute atomic E-state index is 0.0709. The van der Waals surface area contributed by atoms with Crippen LogP contribution in [0.25, 0.3) is 0 Å². The molecule has 0 N–H and O–H groups in total. The highest BCUT2D eigenvalue weighted by atomic mass is 35.5. The normalized spacial score (nSPS) is 18.7. The molecule has 7 heteroatoms. The monoisotopic (exact) mass is 281 g/mol. The van der Waals surface area contributed by atoms with Crippen LogP contribution in [0.5, 0.6) is 5.75 Å². The van der Waals surface area contributed by atoms with Gasteiger partial charge in [0.05, 0.1) is 6.20 Å². The predicted octanol–water partition coefficient (Wildman–Crippen LogP) is 2.55. The molecule has 3 heterocycles. The minimum Gasteiger partial charge on any atom is -0.484 e. The summed E-state index contributed by atoms with van der Waals surface area (Å²) in [6.07, 6.45) is 3.42. The first kappa shape index (κ1) is 12.4. The molecule has 0 unspecified atom stereocenters. The molecule has 0 aromatic carbocycles. The first-order chi connectivity index (χ1) is 9.31. The Morgan fingerprint density at radius 2 is 2.37 bits per heavy atom. The number of aromatic nitrogens is 3. The molecule has 1 aliphatic heterocycles. The van der Waals surface area contributed by atoms with Crippen LogP contribution in [0.15, 0.2) is 22.9 Å². The minimum atomic E-state index is -0.0709. The van der Waals surface area contributed by atoms with Gasteiger partial charge in [-0.05, 0) is 25.0 Å². The van der Waals surface area contributed by atoms with E-state index in [1.807, 2.05) is 0 Å². The van der Waals surface area contributed by atoms with Crippen molar-refractivity contribution in [2.75, 3.05) is 6.61 Å². The van der Waals surface area contributed by atoms with E-state index in [2.05, 4.69) is 15.1 Å². The van der Waals surface area contributed by atoms with Crippen molar-refractivity contribution in [1.82, 2.24) is 15.1 Å². The summed E-state index contributed by atoms with van der Waals surface area (Å²) in [6.45, 7) is 0.967. The van der Waals surface area contributed by atoms with Crippen LogP contribution < -0.4 is 4.74 Å². The smallest absolute Gasteiger partial charge is 0.255 e. The van der Waals surface area contributed by atoms with E-state index >= 15 is 0 Å². The van der Waals surface area contributed by atoms with Crippen LogP contribution in [0.4, 0.5) is 0 Å². The molecule has 0 aliphatic carbocycles. The summed E-state index contributed by atoms with van der Waals surface area (Å²) in [6, 6.07) is 3.39. The fourth-order valence-electron chi connectivity index (χ4n) is 1.82. The maximum atomic E-state index is 5.68. The third kappa shape index (κ3) is 3.02. The Hall–Kier alpha value is -1.66. The number of nitrogens with zero attached hydrogens (tertiary/aromatic N) is 3. The molecule has 0 bridgehead atoms. The molecule has 0 radical (unpaired) electrons. The first-order valence-electron chi connectivity index (χ1n) is 6.00. The average molecular weight is 282 g/mol.